The molecule has 0 aliphatic carbocycles. The normalized spacial score (nSPS) is 15.1. The summed E-state index contributed by atoms with van der Waals surface area (Å²) in [5.74, 6) is -0.198. The summed E-state index contributed by atoms with van der Waals surface area (Å²) >= 11 is 3.36. The lowest BCUT2D eigenvalue weighted by molar-refractivity contribution is -0.144. The zero-order valence-corrected chi connectivity index (χ0v) is 18.4. The van der Waals surface area contributed by atoms with E-state index in [4.69, 9.17) is 14.2 Å². The second-order valence-corrected chi connectivity index (χ2v) is 9.29. The summed E-state index contributed by atoms with van der Waals surface area (Å²) in [5.41, 5.74) is 1.41. The van der Waals surface area contributed by atoms with Crippen molar-refractivity contribution >= 4 is 31.9 Å². The first-order valence-corrected chi connectivity index (χ1v) is 11.3. The van der Waals surface area contributed by atoms with Crippen LogP contribution in [0.15, 0.2) is 51.8 Å². The van der Waals surface area contributed by atoms with E-state index in [0.717, 1.165) is 10.0 Å². The molecule has 1 saturated heterocycles. The summed E-state index contributed by atoms with van der Waals surface area (Å²) < 4.78 is 44.1. The Balaban J connectivity index is 1.72. The maximum atomic E-state index is 13.0. The number of carbonyl (C=O) groups excluding carboxylic acids is 1. The smallest absolute Gasteiger partial charge is 0.310 e. The lowest BCUT2D eigenvalue weighted by atomic mass is 10.1. The molecule has 1 fully saturated rings. The first-order valence-electron chi connectivity index (χ1n) is 9.05. The van der Waals surface area contributed by atoms with Gasteiger partial charge in [-0.15, -0.1) is 0 Å². The molecule has 2 aromatic carbocycles. The van der Waals surface area contributed by atoms with Crippen LogP contribution in [0.2, 0.25) is 0 Å². The topological polar surface area (TPSA) is 82.1 Å². The summed E-state index contributed by atoms with van der Waals surface area (Å²) in [6.45, 7) is 1.42. The second-order valence-electron chi connectivity index (χ2n) is 6.47. The SMILES string of the molecule is COc1ccc(CC(=O)OCc2ccc(Br)cc2)cc1S(=O)(=O)N1CCOCC1. The number of nitrogens with zero attached hydrogens (tertiary/aromatic N) is 1. The van der Waals surface area contributed by atoms with Crippen molar-refractivity contribution < 1.29 is 27.4 Å². The zero-order valence-electron chi connectivity index (χ0n) is 16.0. The highest BCUT2D eigenvalue weighted by molar-refractivity contribution is 9.10. The van der Waals surface area contributed by atoms with E-state index in [9.17, 15) is 13.2 Å². The molecular weight excluding hydrogens is 462 g/mol. The molecule has 0 N–H and O–H groups in total. The number of sulfonamides is 1. The third-order valence-corrected chi connectivity index (χ3v) is 6.93. The van der Waals surface area contributed by atoms with Crippen molar-refractivity contribution in [2.24, 2.45) is 0 Å². The highest BCUT2D eigenvalue weighted by atomic mass is 79.9. The molecule has 7 nitrogen and oxygen atoms in total. The first-order chi connectivity index (χ1) is 13.9. The van der Waals surface area contributed by atoms with Gasteiger partial charge in [0, 0.05) is 17.6 Å². The number of morpholine rings is 1. The first kappa shape index (κ1) is 21.8. The third-order valence-electron chi connectivity index (χ3n) is 4.48. The highest BCUT2D eigenvalue weighted by Gasteiger charge is 2.29. The minimum atomic E-state index is -3.75. The maximum Gasteiger partial charge on any atom is 0.310 e. The molecule has 2 aromatic rings. The van der Waals surface area contributed by atoms with E-state index in [2.05, 4.69) is 15.9 Å². The van der Waals surface area contributed by atoms with E-state index in [0.29, 0.717) is 18.8 Å². The molecule has 3 rings (SSSR count). The fraction of sp³-hybridized carbons (Fsp3) is 0.350. The Labute approximate surface area is 178 Å². The summed E-state index contributed by atoms with van der Waals surface area (Å²) in [6, 6.07) is 12.2. The Bertz CT molecular complexity index is 955. The Morgan fingerprint density at radius 3 is 2.41 bits per heavy atom. The van der Waals surface area contributed by atoms with E-state index >= 15 is 0 Å². The van der Waals surface area contributed by atoms with Gasteiger partial charge in [-0.3, -0.25) is 4.79 Å². The van der Waals surface area contributed by atoms with Gasteiger partial charge in [-0.1, -0.05) is 34.1 Å². The molecule has 0 aromatic heterocycles. The lowest BCUT2D eigenvalue weighted by Gasteiger charge is -2.26. The minimum absolute atomic E-state index is 0.0356. The Morgan fingerprint density at radius 1 is 1.10 bits per heavy atom. The second kappa shape index (κ2) is 9.71. The minimum Gasteiger partial charge on any atom is -0.495 e. The van der Waals surface area contributed by atoms with Gasteiger partial charge in [0.05, 0.1) is 26.7 Å². The van der Waals surface area contributed by atoms with Crippen molar-refractivity contribution in [2.75, 3.05) is 33.4 Å². The van der Waals surface area contributed by atoms with Gasteiger partial charge in [-0.25, -0.2) is 8.42 Å². The molecule has 156 valence electrons. The van der Waals surface area contributed by atoms with Gasteiger partial charge in [-0.05, 0) is 35.4 Å². The number of halogens is 1. The van der Waals surface area contributed by atoms with Crippen LogP contribution in [0, 0.1) is 0 Å². The van der Waals surface area contributed by atoms with Crippen LogP contribution in [0.3, 0.4) is 0 Å². The molecule has 0 spiro atoms. The van der Waals surface area contributed by atoms with Crippen molar-refractivity contribution in [1.29, 1.82) is 0 Å². The lowest BCUT2D eigenvalue weighted by Crippen LogP contribution is -2.40. The van der Waals surface area contributed by atoms with Crippen LogP contribution in [0.4, 0.5) is 0 Å². The van der Waals surface area contributed by atoms with Crippen LogP contribution in [0.25, 0.3) is 0 Å². The summed E-state index contributed by atoms with van der Waals surface area (Å²) in [4.78, 5) is 12.3. The van der Waals surface area contributed by atoms with Gasteiger partial charge in [0.1, 0.15) is 17.3 Å². The van der Waals surface area contributed by atoms with Crippen molar-refractivity contribution in [1.82, 2.24) is 4.31 Å². The molecule has 1 aliphatic heterocycles. The number of methoxy groups -OCH3 is 1. The number of hydrogen-bond donors (Lipinski definition) is 0. The molecule has 0 atom stereocenters. The predicted octanol–water partition coefficient (Wildman–Crippen LogP) is 2.76. The molecule has 0 unspecified atom stereocenters. The van der Waals surface area contributed by atoms with Crippen molar-refractivity contribution in [2.45, 2.75) is 17.9 Å². The Hall–Kier alpha value is -1.94. The van der Waals surface area contributed by atoms with Gasteiger partial charge in [-0.2, -0.15) is 4.31 Å². The molecule has 1 aliphatic rings. The molecule has 1 heterocycles. The van der Waals surface area contributed by atoms with Crippen molar-refractivity contribution in [3.63, 3.8) is 0 Å². The average Bonchev–Trinajstić information content (AvgIpc) is 2.74. The largest absolute Gasteiger partial charge is 0.495 e. The van der Waals surface area contributed by atoms with Gasteiger partial charge in [0.15, 0.2) is 0 Å². The number of esters is 1. The van der Waals surface area contributed by atoms with E-state index in [-0.39, 0.29) is 36.8 Å². The molecule has 0 saturated carbocycles. The Morgan fingerprint density at radius 2 is 1.76 bits per heavy atom. The molecule has 0 amide bonds. The van der Waals surface area contributed by atoms with Gasteiger partial charge < -0.3 is 14.2 Å². The van der Waals surface area contributed by atoms with Crippen LogP contribution >= 0.6 is 15.9 Å². The van der Waals surface area contributed by atoms with Crippen LogP contribution < -0.4 is 4.74 Å². The van der Waals surface area contributed by atoms with Crippen molar-refractivity contribution in [3.05, 3.63) is 58.1 Å². The molecule has 0 radical (unpaired) electrons. The quantitative estimate of drug-likeness (QED) is 0.563. The van der Waals surface area contributed by atoms with E-state index in [1.165, 1.54) is 17.5 Å². The summed E-state index contributed by atoms with van der Waals surface area (Å²) in [5, 5.41) is 0. The number of hydrogen-bond acceptors (Lipinski definition) is 6. The van der Waals surface area contributed by atoms with Crippen LogP contribution in [-0.2, 0) is 37.3 Å². The highest BCUT2D eigenvalue weighted by Crippen LogP contribution is 2.28. The standard InChI is InChI=1S/C20H22BrNO6S/c1-26-18-7-4-16(12-19(18)29(24,25)22-8-10-27-11-9-22)13-20(23)28-14-15-2-5-17(21)6-3-15/h2-7,12H,8-11,13-14H2,1H3. The van der Waals surface area contributed by atoms with Crippen LogP contribution in [0.5, 0.6) is 5.75 Å². The monoisotopic (exact) mass is 483 g/mol. The van der Waals surface area contributed by atoms with E-state index in [1.54, 1.807) is 12.1 Å². The Kier molecular flexibility index (Phi) is 7.28. The van der Waals surface area contributed by atoms with Crippen LogP contribution in [0.1, 0.15) is 11.1 Å². The summed E-state index contributed by atoms with van der Waals surface area (Å²) in [6.07, 6.45) is -0.0356. The predicted molar refractivity (Wildman–Crippen MR) is 110 cm³/mol. The van der Waals surface area contributed by atoms with Gasteiger partial charge in [0.2, 0.25) is 10.0 Å². The fourth-order valence-electron chi connectivity index (χ4n) is 2.92. The molecular formula is C20H22BrNO6S. The summed E-state index contributed by atoms with van der Waals surface area (Å²) in [7, 11) is -2.33. The number of carbonyl (C=O) groups is 1. The van der Waals surface area contributed by atoms with Crippen molar-refractivity contribution in [3.8, 4) is 5.75 Å². The van der Waals surface area contributed by atoms with E-state index < -0.39 is 16.0 Å². The van der Waals surface area contributed by atoms with E-state index in [1.807, 2.05) is 24.3 Å². The number of benzene rings is 2. The molecule has 29 heavy (non-hydrogen) atoms. The maximum absolute atomic E-state index is 13.0. The zero-order chi connectivity index (χ0) is 20.9. The average molecular weight is 484 g/mol. The molecule has 0 bridgehead atoms. The fourth-order valence-corrected chi connectivity index (χ4v) is 4.80. The van der Waals surface area contributed by atoms with Crippen LogP contribution in [-0.4, -0.2) is 52.1 Å². The van der Waals surface area contributed by atoms with Gasteiger partial charge >= 0.3 is 5.97 Å². The number of rotatable bonds is 7. The third kappa shape index (κ3) is 5.57. The van der Waals surface area contributed by atoms with Gasteiger partial charge in [0.25, 0.3) is 0 Å². The molecule has 9 heteroatoms. The number of ether oxygens (including phenoxy) is 3.